The van der Waals surface area contributed by atoms with Gasteiger partial charge in [0, 0.05) is 17.6 Å². The molecule has 1 saturated carbocycles. The summed E-state index contributed by atoms with van der Waals surface area (Å²) in [4.78, 5) is -0.431. The zero-order valence-corrected chi connectivity index (χ0v) is 13.6. The second-order valence-electron chi connectivity index (χ2n) is 5.31. The molecule has 7 heteroatoms. The van der Waals surface area contributed by atoms with Crippen LogP contribution in [-0.4, -0.2) is 25.3 Å². The van der Waals surface area contributed by atoms with Crippen LogP contribution in [0.1, 0.15) is 39.0 Å². The zero-order chi connectivity index (χ0) is 15.6. The fraction of sp³-hybridized carbons (Fsp3) is 0.571. The van der Waals surface area contributed by atoms with Gasteiger partial charge in [-0.15, -0.1) is 0 Å². The third kappa shape index (κ3) is 3.33. The van der Waals surface area contributed by atoms with E-state index in [1.165, 1.54) is 10.4 Å². The van der Waals surface area contributed by atoms with E-state index in [4.69, 9.17) is 17.3 Å². The predicted molar refractivity (Wildman–Crippen MR) is 82.3 cm³/mol. The van der Waals surface area contributed by atoms with Gasteiger partial charge < -0.3 is 5.73 Å². The number of halogens is 2. The quantitative estimate of drug-likeness (QED) is 0.858. The third-order valence-electron chi connectivity index (χ3n) is 3.91. The van der Waals surface area contributed by atoms with Crippen molar-refractivity contribution in [2.45, 2.75) is 50.0 Å². The number of hydrogen-bond donors (Lipinski definition) is 1. The Bertz CT molecular complexity index is 616. The Balaban J connectivity index is 2.44. The molecule has 0 unspecified atom stereocenters. The lowest BCUT2D eigenvalue weighted by atomic mass is 9.95. The molecule has 0 amide bonds. The van der Waals surface area contributed by atoms with E-state index in [2.05, 4.69) is 0 Å². The minimum absolute atomic E-state index is 0.0756. The Morgan fingerprint density at radius 3 is 2.52 bits per heavy atom. The maximum Gasteiger partial charge on any atom is 0.246 e. The summed E-state index contributed by atoms with van der Waals surface area (Å²) < 4.78 is 41.0. The topological polar surface area (TPSA) is 63.4 Å². The molecule has 0 bridgehead atoms. The van der Waals surface area contributed by atoms with Crippen LogP contribution in [0.25, 0.3) is 0 Å². The number of nitrogen functional groups attached to an aromatic ring is 1. The highest BCUT2D eigenvalue weighted by atomic mass is 35.5. The SMILES string of the molecule is CCN(C1CCCCC1)S(=O)(=O)c1cc(Cl)cc(N)c1F. The van der Waals surface area contributed by atoms with Gasteiger partial charge in [0.15, 0.2) is 5.82 Å². The van der Waals surface area contributed by atoms with Crippen LogP contribution < -0.4 is 5.73 Å². The van der Waals surface area contributed by atoms with E-state index >= 15 is 0 Å². The molecule has 118 valence electrons. The van der Waals surface area contributed by atoms with Crippen molar-refractivity contribution in [3.63, 3.8) is 0 Å². The highest BCUT2D eigenvalue weighted by Gasteiger charge is 2.33. The van der Waals surface area contributed by atoms with Crippen molar-refractivity contribution < 1.29 is 12.8 Å². The van der Waals surface area contributed by atoms with E-state index in [0.29, 0.717) is 6.54 Å². The van der Waals surface area contributed by atoms with E-state index in [0.717, 1.165) is 38.2 Å². The molecule has 0 radical (unpaired) electrons. The molecule has 1 aromatic rings. The average Bonchev–Trinajstić information content (AvgIpc) is 2.44. The molecule has 1 aliphatic carbocycles. The molecule has 0 aromatic heterocycles. The second kappa shape index (κ2) is 6.50. The number of rotatable bonds is 4. The lowest BCUT2D eigenvalue weighted by molar-refractivity contribution is 0.260. The van der Waals surface area contributed by atoms with Crippen molar-refractivity contribution in [1.82, 2.24) is 4.31 Å². The van der Waals surface area contributed by atoms with Crippen LogP contribution >= 0.6 is 11.6 Å². The number of benzene rings is 1. The van der Waals surface area contributed by atoms with Crippen LogP contribution in [-0.2, 0) is 10.0 Å². The van der Waals surface area contributed by atoms with Crippen molar-refractivity contribution in [3.8, 4) is 0 Å². The van der Waals surface area contributed by atoms with Crippen molar-refractivity contribution >= 4 is 27.3 Å². The monoisotopic (exact) mass is 334 g/mol. The smallest absolute Gasteiger partial charge is 0.246 e. The van der Waals surface area contributed by atoms with E-state index < -0.39 is 20.7 Å². The lowest BCUT2D eigenvalue weighted by Gasteiger charge is -2.32. The van der Waals surface area contributed by atoms with E-state index in [1.807, 2.05) is 0 Å². The van der Waals surface area contributed by atoms with Crippen LogP contribution in [0, 0.1) is 5.82 Å². The summed E-state index contributed by atoms with van der Waals surface area (Å²) in [5.74, 6) is -0.923. The molecule has 0 heterocycles. The van der Waals surface area contributed by atoms with Gasteiger partial charge in [-0.05, 0) is 25.0 Å². The molecule has 0 spiro atoms. The molecule has 2 N–H and O–H groups in total. The Kier molecular flexibility index (Phi) is 5.11. The van der Waals surface area contributed by atoms with Crippen LogP contribution in [0.4, 0.5) is 10.1 Å². The van der Waals surface area contributed by atoms with Crippen molar-refractivity contribution in [2.75, 3.05) is 12.3 Å². The number of nitrogens with zero attached hydrogens (tertiary/aromatic N) is 1. The maximum atomic E-state index is 14.2. The van der Waals surface area contributed by atoms with Gasteiger partial charge in [-0.1, -0.05) is 37.8 Å². The summed E-state index contributed by atoms with van der Waals surface area (Å²) in [5.41, 5.74) is 5.25. The van der Waals surface area contributed by atoms with Crippen LogP contribution in [0.5, 0.6) is 0 Å². The summed E-state index contributed by atoms with van der Waals surface area (Å²) in [7, 11) is -3.93. The number of hydrogen-bond acceptors (Lipinski definition) is 3. The summed E-state index contributed by atoms with van der Waals surface area (Å²) >= 11 is 5.83. The van der Waals surface area contributed by atoms with Gasteiger partial charge in [0.05, 0.1) is 5.69 Å². The van der Waals surface area contributed by atoms with E-state index in [1.54, 1.807) is 6.92 Å². The molecule has 1 fully saturated rings. The molecule has 1 aliphatic rings. The average molecular weight is 335 g/mol. The van der Waals surface area contributed by atoms with Crippen molar-refractivity contribution in [3.05, 3.63) is 23.0 Å². The van der Waals surface area contributed by atoms with Gasteiger partial charge in [-0.25, -0.2) is 12.8 Å². The van der Waals surface area contributed by atoms with Crippen molar-refractivity contribution in [1.29, 1.82) is 0 Å². The summed E-state index contributed by atoms with van der Waals surface area (Å²) in [6, 6.07) is 2.27. The molecule has 1 aromatic carbocycles. The highest BCUT2D eigenvalue weighted by molar-refractivity contribution is 7.89. The third-order valence-corrected chi connectivity index (χ3v) is 6.16. The Morgan fingerprint density at radius 2 is 1.95 bits per heavy atom. The standard InChI is InChI=1S/C14H20ClFN2O2S/c1-2-18(11-6-4-3-5-7-11)21(19,20)13-9-10(15)8-12(17)14(13)16/h8-9,11H,2-7,17H2,1H3. The molecular formula is C14H20ClFN2O2S. The van der Waals surface area contributed by atoms with Gasteiger partial charge >= 0.3 is 0 Å². The van der Waals surface area contributed by atoms with Gasteiger partial charge in [-0.3, -0.25) is 0 Å². The first-order valence-electron chi connectivity index (χ1n) is 7.14. The summed E-state index contributed by atoms with van der Waals surface area (Å²) in [6.45, 7) is 2.07. The first kappa shape index (κ1) is 16.5. The minimum atomic E-state index is -3.93. The van der Waals surface area contributed by atoms with Gasteiger partial charge in [0.2, 0.25) is 10.0 Å². The van der Waals surface area contributed by atoms with Crippen LogP contribution in [0.2, 0.25) is 5.02 Å². The number of nitrogens with two attached hydrogens (primary N) is 1. The first-order valence-corrected chi connectivity index (χ1v) is 8.96. The van der Waals surface area contributed by atoms with Gasteiger partial charge in [0.25, 0.3) is 0 Å². The second-order valence-corrected chi connectivity index (χ2v) is 7.60. The van der Waals surface area contributed by atoms with Crippen LogP contribution in [0.15, 0.2) is 17.0 Å². The van der Waals surface area contributed by atoms with Crippen LogP contribution in [0.3, 0.4) is 0 Å². The summed E-state index contributed by atoms with van der Waals surface area (Å²) in [6.07, 6.45) is 4.73. The zero-order valence-electron chi connectivity index (χ0n) is 12.0. The Hall–Kier alpha value is -0.850. The molecule has 0 aliphatic heterocycles. The molecule has 2 rings (SSSR count). The normalized spacial score (nSPS) is 17.3. The summed E-state index contributed by atoms with van der Waals surface area (Å²) in [5, 5.41) is 0.118. The fourth-order valence-corrected chi connectivity index (χ4v) is 5.00. The number of sulfonamides is 1. The highest BCUT2D eigenvalue weighted by Crippen LogP contribution is 2.31. The van der Waals surface area contributed by atoms with E-state index in [9.17, 15) is 12.8 Å². The van der Waals surface area contributed by atoms with Crippen molar-refractivity contribution in [2.24, 2.45) is 0 Å². The molecular weight excluding hydrogens is 315 g/mol. The molecule has 0 saturated heterocycles. The molecule has 0 atom stereocenters. The predicted octanol–water partition coefficient (Wildman–Crippen LogP) is 3.40. The molecule has 21 heavy (non-hydrogen) atoms. The largest absolute Gasteiger partial charge is 0.396 e. The lowest BCUT2D eigenvalue weighted by Crippen LogP contribution is -2.41. The first-order chi connectivity index (χ1) is 9.87. The van der Waals surface area contributed by atoms with Gasteiger partial charge in [0.1, 0.15) is 4.90 Å². The Morgan fingerprint density at radius 1 is 1.33 bits per heavy atom. The number of anilines is 1. The molecule has 4 nitrogen and oxygen atoms in total. The fourth-order valence-electron chi connectivity index (χ4n) is 2.89. The maximum absolute atomic E-state index is 14.2. The van der Waals surface area contributed by atoms with E-state index in [-0.39, 0.29) is 16.8 Å². The minimum Gasteiger partial charge on any atom is -0.396 e. The van der Waals surface area contributed by atoms with Gasteiger partial charge in [-0.2, -0.15) is 4.31 Å². The Labute approximate surface area is 130 Å².